The molecule has 38 heavy (non-hydrogen) atoms. The van der Waals surface area contributed by atoms with Crippen molar-refractivity contribution in [3.05, 3.63) is 48.0 Å². The van der Waals surface area contributed by atoms with Crippen molar-refractivity contribution >= 4 is 26.6 Å². The molecule has 0 unspecified atom stereocenters. The molecule has 8 nitrogen and oxygen atoms in total. The number of hydrogen-bond acceptors (Lipinski definition) is 6. The lowest BCUT2D eigenvalue weighted by atomic mass is 9.92. The van der Waals surface area contributed by atoms with E-state index >= 15 is 0 Å². The van der Waals surface area contributed by atoms with E-state index in [4.69, 9.17) is 14.2 Å². The van der Waals surface area contributed by atoms with Crippen molar-refractivity contribution in [3.8, 4) is 23.1 Å². The first-order chi connectivity index (χ1) is 18.5. The summed E-state index contributed by atoms with van der Waals surface area (Å²) in [7, 11) is -3.47. The fourth-order valence-electron chi connectivity index (χ4n) is 5.71. The number of aromatic nitrogens is 1. The van der Waals surface area contributed by atoms with Crippen molar-refractivity contribution in [3.63, 3.8) is 0 Å². The largest absolute Gasteiger partial charge is 0.490 e. The number of benzene rings is 2. The van der Waals surface area contributed by atoms with Crippen LogP contribution in [-0.4, -0.2) is 51.3 Å². The fourth-order valence-corrected chi connectivity index (χ4v) is 7.18. The Kier molecular flexibility index (Phi) is 7.04. The lowest BCUT2D eigenvalue weighted by Crippen LogP contribution is -2.25. The Morgan fingerprint density at radius 2 is 1.76 bits per heavy atom. The van der Waals surface area contributed by atoms with Gasteiger partial charge in [0.2, 0.25) is 10.0 Å². The molecule has 1 N–H and O–H groups in total. The second-order valence-electron chi connectivity index (χ2n) is 10.6. The zero-order chi connectivity index (χ0) is 26.1. The van der Waals surface area contributed by atoms with Crippen LogP contribution in [0.15, 0.2) is 42.5 Å². The van der Waals surface area contributed by atoms with Crippen molar-refractivity contribution in [2.45, 2.75) is 50.7 Å². The van der Waals surface area contributed by atoms with Crippen LogP contribution in [0.3, 0.4) is 0 Å². The number of rotatable bonds is 8. The summed E-state index contributed by atoms with van der Waals surface area (Å²) in [5.41, 5.74) is 3.94. The van der Waals surface area contributed by atoms with E-state index < -0.39 is 10.0 Å². The van der Waals surface area contributed by atoms with Crippen LogP contribution in [-0.2, 0) is 19.5 Å². The van der Waals surface area contributed by atoms with E-state index in [1.165, 1.54) is 0 Å². The molecule has 0 radical (unpaired) electrons. The van der Waals surface area contributed by atoms with Gasteiger partial charge < -0.3 is 18.8 Å². The predicted molar refractivity (Wildman–Crippen MR) is 146 cm³/mol. The Hall–Kier alpha value is -3.06. The highest BCUT2D eigenvalue weighted by Gasteiger charge is 2.29. The maximum atomic E-state index is 12.7. The molecule has 200 valence electrons. The monoisotopic (exact) mass is 535 g/mol. The lowest BCUT2D eigenvalue weighted by Gasteiger charge is -2.30. The van der Waals surface area contributed by atoms with Gasteiger partial charge in [0.25, 0.3) is 0 Å². The van der Waals surface area contributed by atoms with E-state index in [0.29, 0.717) is 30.5 Å². The van der Waals surface area contributed by atoms with Crippen molar-refractivity contribution in [2.75, 3.05) is 36.9 Å². The first-order valence-corrected chi connectivity index (χ1v) is 15.2. The van der Waals surface area contributed by atoms with Crippen LogP contribution in [0.2, 0.25) is 0 Å². The maximum Gasteiger partial charge on any atom is 0.233 e. The summed E-state index contributed by atoms with van der Waals surface area (Å²) in [5.74, 6) is 0.904. The van der Waals surface area contributed by atoms with Crippen LogP contribution in [0.4, 0.5) is 5.69 Å². The SMILES string of the molecule is N#Cc1c(-c2ccc(NS(=O)(=O)C[C@@H]3CCOC3)cc2)n(C2CCC2)c2cc(OC3CCOCC3)ccc12. The van der Waals surface area contributed by atoms with E-state index in [1.807, 2.05) is 24.3 Å². The average Bonchev–Trinajstić information content (AvgIpc) is 3.49. The molecular weight excluding hydrogens is 502 g/mol. The molecule has 2 aromatic carbocycles. The molecule has 9 heteroatoms. The lowest BCUT2D eigenvalue weighted by molar-refractivity contribution is 0.0256. The molecular formula is C29H33N3O5S. The van der Waals surface area contributed by atoms with Gasteiger partial charge in [0, 0.05) is 48.5 Å². The zero-order valence-electron chi connectivity index (χ0n) is 21.4. The third kappa shape index (κ3) is 5.13. The van der Waals surface area contributed by atoms with E-state index in [1.54, 1.807) is 12.1 Å². The van der Waals surface area contributed by atoms with Crippen molar-refractivity contribution < 1.29 is 22.6 Å². The van der Waals surface area contributed by atoms with E-state index in [9.17, 15) is 13.7 Å². The van der Waals surface area contributed by atoms with Crippen LogP contribution in [0.5, 0.6) is 5.75 Å². The van der Waals surface area contributed by atoms with Crippen LogP contribution in [0.25, 0.3) is 22.2 Å². The number of anilines is 1. The summed E-state index contributed by atoms with van der Waals surface area (Å²) >= 11 is 0. The number of nitrogens with one attached hydrogen (secondary N) is 1. The van der Waals surface area contributed by atoms with Gasteiger partial charge in [0.05, 0.1) is 42.3 Å². The average molecular weight is 536 g/mol. The number of nitriles is 1. The number of ether oxygens (including phenoxy) is 3. The predicted octanol–water partition coefficient (Wildman–Crippen LogP) is 5.24. The van der Waals surface area contributed by atoms with Crippen LogP contribution < -0.4 is 9.46 Å². The van der Waals surface area contributed by atoms with Gasteiger partial charge in [-0.3, -0.25) is 4.72 Å². The summed E-state index contributed by atoms with van der Waals surface area (Å²) in [5, 5.41) is 11.1. The Bertz CT molecular complexity index is 1440. The van der Waals surface area contributed by atoms with Crippen molar-refractivity contribution in [1.82, 2.24) is 4.57 Å². The smallest absolute Gasteiger partial charge is 0.233 e. The molecule has 1 aliphatic carbocycles. The summed E-state index contributed by atoms with van der Waals surface area (Å²) < 4.78 is 47.4. The second kappa shape index (κ2) is 10.6. The molecule has 3 fully saturated rings. The van der Waals surface area contributed by atoms with Gasteiger partial charge in [0.1, 0.15) is 17.9 Å². The number of fused-ring (bicyclic) bond motifs is 1. The van der Waals surface area contributed by atoms with Crippen LogP contribution >= 0.6 is 0 Å². The molecule has 1 saturated carbocycles. The standard InChI is InChI=1S/C29H33N3O5S/c30-17-27-26-9-8-25(37-24-11-14-35-15-12-24)16-28(26)32(23-2-1-3-23)29(27)21-4-6-22(7-5-21)31-38(33,34)19-20-10-13-36-18-20/h4-9,16,20,23-24,31H,1-3,10-15,18-19H2/t20-/m1/s1. The van der Waals surface area contributed by atoms with Gasteiger partial charge in [-0.2, -0.15) is 5.26 Å². The molecule has 1 atom stereocenters. The summed E-state index contributed by atoms with van der Waals surface area (Å²) in [6.45, 7) is 2.54. The first-order valence-electron chi connectivity index (χ1n) is 13.5. The summed E-state index contributed by atoms with van der Waals surface area (Å²) in [4.78, 5) is 0. The minimum atomic E-state index is -3.47. The third-order valence-corrected chi connectivity index (χ3v) is 9.37. The summed E-state index contributed by atoms with van der Waals surface area (Å²) in [6, 6.07) is 16.2. The fraction of sp³-hybridized carbons (Fsp3) is 0.483. The molecule has 2 saturated heterocycles. The number of sulfonamides is 1. The van der Waals surface area contributed by atoms with Crippen LogP contribution in [0, 0.1) is 17.2 Å². The normalized spacial score (nSPS) is 20.8. The minimum Gasteiger partial charge on any atom is -0.490 e. The molecule has 3 aliphatic rings. The molecule has 3 heterocycles. The highest BCUT2D eigenvalue weighted by atomic mass is 32.2. The highest BCUT2D eigenvalue weighted by molar-refractivity contribution is 7.92. The molecule has 3 aromatic rings. The van der Waals surface area contributed by atoms with E-state index in [2.05, 4.69) is 21.4 Å². The highest BCUT2D eigenvalue weighted by Crippen LogP contribution is 2.43. The topological polar surface area (TPSA) is 103 Å². The van der Waals surface area contributed by atoms with Crippen molar-refractivity contribution in [2.24, 2.45) is 5.92 Å². The van der Waals surface area contributed by atoms with Crippen molar-refractivity contribution in [1.29, 1.82) is 5.26 Å². The van der Waals surface area contributed by atoms with Gasteiger partial charge in [-0.25, -0.2) is 8.42 Å². The van der Waals surface area contributed by atoms with Gasteiger partial charge in [-0.05, 0) is 55.5 Å². The molecule has 0 bridgehead atoms. The summed E-state index contributed by atoms with van der Waals surface area (Å²) in [6.07, 6.45) is 5.95. The Balaban J connectivity index is 1.32. The maximum absolute atomic E-state index is 12.7. The first kappa shape index (κ1) is 25.2. The quantitative estimate of drug-likeness (QED) is 0.423. The van der Waals surface area contributed by atoms with Gasteiger partial charge in [-0.15, -0.1) is 0 Å². The molecule has 1 aromatic heterocycles. The molecule has 2 aliphatic heterocycles. The molecule has 6 rings (SSSR count). The number of nitrogens with zero attached hydrogens (tertiary/aromatic N) is 2. The minimum absolute atomic E-state index is 0.0310. The Labute approximate surface area is 223 Å². The second-order valence-corrected chi connectivity index (χ2v) is 12.4. The van der Waals surface area contributed by atoms with E-state index in [-0.39, 0.29) is 17.8 Å². The van der Waals surface area contributed by atoms with Gasteiger partial charge >= 0.3 is 0 Å². The zero-order valence-corrected chi connectivity index (χ0v) is 22.2. The number of hydrogen-bond donors (Lipinski definition) is 1. The van der Waals surface area contributed by atoms with Crippen LogP contribution in [0.1, 0.15) is 50.1 Å². The van der Waals surface area contributed by atoms with E-state index in [0.717, 1.165) is 79.6 Å². The molecule has 0 spiro atoms. The Morgan fingerprint density at radius 3 is 2.42 bits per heavy atom. The third-order valence-electron chi connectivity index (χ3n) is 7.91. The van der Waals surface area contributed by atoms with Gasteiger partial charge in [0.15, 0.2) is 0 Å². The Morgan fingerprint density at radius 1 is 1.00 bits per heavy atom. The molecule has 0 amide bonds. The van der Waals surface area contributed by atoms with Gasteiger partial charge in [-0.1, -0.05) is 12.1 Å².